The molecule has 1 fully saturated rings. The van der Waals surface area contributed by atoms with Crippen LogP contribution in [0.25, 0.3) is 0 Å². The van der Waals surface area contributed by atoms with Crippen LogP contribution in [0.15, 0.2) is 0 Å². The van der Waals surface area contributed by atoms with Crippen LogP contribution < -0.4 is 10.6 Å². The third-order valence-electron chi connectivity index (χ3n) is 4.18. The van der Waals surface area contributed by atoms with Crippen LogP contribution in [-0.4, -0.2) is 55.1 Å². The van der Waals surface area contributed by atoms with Crippen molar-refractivity contribution in [1.82, 2.24) is 15.5 Å². The van der Waals surface area contributed by atoms with E-state index in [0.29, 0.717) is 12.8 Å². The predicted molar refractivity (Wildman–Crippen MR) is 77.8 cm³/mol. The molecule has 0 heterocycles. The summed E-state index contributed by atoms with van der Waals surface area (Å²) in [5.74, 6) is -1.29. The quantitative estimate of drug-likeness (QED) is 0.671. The highest BCUT2D eigenvalue weighted by atomic mass is 16.4. The molecule has 0 aliphatic heterocycles. The van der Waals surface area contributed by atoms with Crippen LogP contribution in [0.1, 0.15) is 32.6 Å². The van der Waals surface area contributed by atoms with E-state index in [9.17, 15) is 19.5 Å². The number of urea groups is 1. The van der Waals surface area contributed by atoms with Crippen LogP contribution in [0.3, 0.4) is 0 Å². The van der Waals surface area contributed by atoms with Crippen molar-refractivity contribution in [3.05, 3.63) is 0 Å². The number of carboxylic acid groups (broad SMARTS) is 1. The first kappa shape index (κ1) is 17.3. The largest absolute Gasteiger partial charge is 0.481 e. The molecule has 120 valence electrons. The Bertz CT molecular complexity index is 405. The Kier molecular flexibility index (Phi) is 5.99. The average molecular weight is 299 g/mol. The highest BCUT2D eigenvalue weighted by molar-refractivity contribution is 5.80. The SMILES string of the molecule is CNC(=O)C(C)CN(C)C(=O)NCC1(C(=O)O)CCCC1. The lowest BCUT2D eigenvalue weighted by atomic mass is 9.86. The minimum atomic E-state index is -0.846. The van der Waals surface area contributed by atoms with Gasteiger partial charge in [0.1, 0.15) is 0 Å². The summed E-state index contributed by atoms with van der Waals surface area (Å²) in [5, 5.41) is 14.6. The zero-order valence-corrected chi connectivity index (χ0v) is 12.9. The first-order valence-electron chi connectivity index (χ1n) is 7.26. The Morgan fingerprint density at radius 1 is 1.29 bits per heavy atom. The number of carbonyl (C=O) groups is 3. The van der Waals surface area contributed by atoms with E-state index in [0.717, 1.165) is 12.8 Å². The molecule has 3 N–H and O–H groups in total. The van der Waals surface area contributed by atoms with Gasteiger partial charge in [0.2, 0.25) is 5.91 Å². The lowest BCUT2D eigenvalue weighted by Gasteiger charge is -2.27. The second-order valence-electron chi connectivity index (χ2n) is 5.85. The Balaban J connectivity index is 2.49. The first-order valence-corrected chi connectivity index (χ1v) is 7.26. The molecule has 0 bridgehead atoms. The smallest absolute Gasteiger partial charge is 0.317 e. The molecule has 7 heteroatoms. The van der Waals surface area contributed by atoms with Gasteiger partial charge in [0, 0.05) is 27.2 Å². The van der Waals surface area contributed by atoms with Crippen molar-refractivity contribution in [2.75, 3.05) is 27.2 Å². The molecule has 1 rings (SSSR count). The predicted octanol–water partition coefficient (Wildman–Crippen LogP) is 0.655. The maximum absolute atomic E-state index is 12.0. The summed E-state index contributed by atoms with van der Waals surface area (Å²) < 4.78 is 0. The van der Waals surface area contributed by atoms with Crippen molar-refractivity contribution >= 4 is 17.9 Å². The molecule has 1 aliphatic rings. The van der Waals surface area contributed by atoms with Crippen molar-refractivity contribution in [2.24, 2.45) is 11.3 Å². The molecule has 1 saturated carbocycles. The molecule has 0 aromatic rings. The lowest BCUT2D eigenvalue weighted by molar-refractivity contribution is -0.148. The molecule has 0 spiro atoms. The summed E-state index contributed by atoms with van der Waals surface area (Å²) in [4.78, 5) is 36.2. The highest BCUT2D eigenvalue weighted by Gasteiger charge is 2.41. The molecule has 1 aliphatic carbocycles. The van der Waals surface area contributed by atoms with E-state index >= 15 is 0 Å². The fourth-order valence-corrected chi connectivity index (χ4v) is 2.72. The minimum Gasteiger partial charge on any atom is -0.481 e. The average Bonchev–Trinajstić information content (AvgIpc) is 2.93. The van der Waals surface area contributed by atoms with Crippen LogP contribution in [-0.2, 0) is 9.59 Å². The molecule has 21 heavy (non-hydrogen) atoms. The van der Waals surface area contributed by atoms with Gasteiger partial charge in [-0.05, 0) is 12.8 Å². The highest BCUT2D eigenvalue weighted by Crippen LogP contribution is 2.37. The molecule has 0 saturated heterocycles. The molecule has 3 amide bonds. The molecule has 1 atom stereocenters. The Labute approximate surface area is 125 Å². The van der Waals surface area contributed by atoms with Gasteiger partial charge < -0.3 is 20.6 Å². The van der Waals surface area contributed by atoms with Crippen molar-refractivity contribution in [3.63, 3.8) is 0 Å². The Morgan fingerprint density at radius 3 is 2.33 bits per heavy atom. The Hall–Kier alpha value is -1.79. The zero-order chi connectivity index (χ0) is 16.0. The number of hydrogen-bond donors (Lipinski definition) is 3. The van der Waals surface area contributed by atoms with Crippen LogP contribution in [0, 0.1) is 11.3 Å². The fraction of sp³-hybridized carbons (Fsp3) is 0.786. The number of carboxylic acids is 1. The number of carbonyl (C=O) groups excluding carboxylic acids is 2. The van der Waals surface area contributed by atoms with E-state index in [1.165, 1.54) is 4.90 Å². The second-order valence-corrected chi connectivity index (χ2v) is 5.85. The molecule has 0 aromatic heterocycles. The summed E-state index contributed by atoms with van der Waals surface area (Å²) in [7, 11) is 3.15. The standard InChI is InChI=1S/C14H25N3O4/c1-10(11(18)15-2)8-17(3)13(21)16-9-14(12(19)20)6-4-5-7-14/h10H,4-9H2,1-3H3,(H,15,18)(H,16,21)(H,19,20). The van der Waals surface area contributed by atoms with Crippen molar-refractivity contribution < 1.29 is 19.5 Å². The third kappa shape index (κ3) is 4.34. The molecule has 1 unspecified atom stereocenters. The number of nitrogens with zero attached hydrogens (tertiary/aromatic N) is 1. The van der Waals surface area contributed by atoms with Gasteiger partial charge in [-0.2, -0.15) is 0 Å². The monoisotopic (exact) mass is 299 g/mol. The fourth-order valence-electron chi connectivity index (χ4n) is 2.72. The van der Waals surface area contributed by atoms with Crippen molar-refractivity contribution in [3.8, 4) is 0 Å². The lowest BCUT2D eigenvalue weighted by Crippen LogP contribution is -2.47. The number of rotatable bonds is 6. The van der Waals surface area contributed by atoms with Crippen LogP contribution in [0.2, 0.25) is 0 Å². The molecule has 0 radical (unpaired) electrons. The summed E-state index contributed by atoms with van der Waals surface area (Å²) in [6.07, 6.45) is 2.96. The maximum Gasteiger partial charge on any atom is 0.317 e. The number of amides is 3. The third-order valence-corrected chi connectivity index (χ3v) is 4.18. The first-order chi connectivity index (χ1) is 9.82. The van der Waals surface area contributed by atoms with Gasteiger partial charge in [-0.25, -0.2) is 4.79 Å². The van der Waals surface area contributed by atoms with Crippen LogP contribution in [0.4, 0.5) is 4.79 Å². The van der Waals surface area contributed by atoms with Crippen LogP contribution >= 0.6 is 0 Å². The normalized spacial score (nSPS) is 17.9. The van der Waals surface area contributed by atoms with E-state index in [1.807, 2.05) is 0 Å². The van der Waals surface area contributed by atoms with Gasteiger partial charge in [-0.1, -0.05) is 19.8 Å². The van der Waals surface area contributed by atoms with Gasteiger partial charge in [0.25, 0.3) is 0 Å². The van der Waals surface area contributed by atoms with Gasteiger partial charge in [0.15, 0.2) is 0 Å². The minimum absolute atomic E-state index is 0.132. The van der Waals surface area contributed by atoms with E-state index in [-0.39, 0.29) is 30.9 Å². The zero-order valence-electron chi connectivity index (χ0n) is 12.9. The van der Waals surface area contributed by atoms with Gasteiger partial charge in [-0.3, -0.25) is 9.59 Å². The van der Waals surface area contributed by atoms with Crippen LogP contribution in [0.5, 0.6) is 0 Å². The molecule has 0 aromatic carbocycles. The molecular weight excluding hydrogens is 274 g/mol. The number of hydrogen-bond acceptors (Lipinski definition) is 3. The van der Waals surface area contributed by atoms with E-state index in [1.54, 1.807) is 21.0 Å². The van der Waals surface area contributed by atoms with Gasteiger partial charge in [0.05, 0.1) is 11.3 Å². The van der Waals surface area contributed by atoms with E-state index in [4.69, 9.17) is 0 Å². The summed E-state index contributed by atoms with van der Waals surface area (Å²) in [6.45, 7) is 2.16. The van der Waals surface area contributed by atoms with Crippen molar-refractivity contribution in [1.29, 1.82) is 0 Å². The summed E-state index contributed by atoms with van der Waals surface area (Å²) >= 11 is 0. The number of nitrogens with one attached hydrogen (secondary N) is 2. The second kappa shape index (κ2) is 7.28. The topological polar surface area (TPSA) is 98.7 Å². The Morgan fingerprint density at radius 2 is 1.86 bits per heavy atom. The summed E-state index contributed by atoms with van der Waals surface area (Å²) in [6, 6.07) is -0.349. The van der Waals surface area contributed by atoms with E-state index < -0.39 is 11.4 Å². The number of aliphatic carboxylic acids is 1. The van der Waals surface area contributed by atoms with Crippen molar-refractivity contribution in [2.45, 2.75) is 32.6 Å². The van der Waals surface area contributed by atoms with Gasteiger partial charge >= 0.3 is 12.0 Å². The molecular formula is C14H25N3O4. The summed E-state index contributed by atoms with van der Waals surface area (Å²) in [5.41, 5.74) is -0.830. The van der Waals surface area contributed by atoms with E-state index in [2.05, 4.69) is 10.6 Å². The molecule has 7 nitrogen and oxygen atoms in total. The maximum atomic E-state index is 12.0. The van der Waals surface area contributed by atoms with Gasteiger partial charge in [-0.15, -0.1) is 0 Å².